The number of nitrogens with zero attached hydrogens (tertiary/aromatic N) is 1. The molecular weight excluding hydrogens is 322 g/mol. The Balaban J connectivity index is 1.61. The molecule has 1 aromatic carbocycles. The third kappa shape index (κ3) is 4.00. The van der Waals surface area contributed by atoms with E-state index in [4.69, 9.17) is 0 Å². The summed E-state index contributed by atoms with van der Waals surface area (Å²) in [5.41, 5.74) is 2.42. The molecule has 132 valence electrons. The minimum Gasteiger partial charge on any atom is -0.343 e. The summed E-state index contributed by atoms with van der Waals surface area (Å²) in [6.45, 7) is 3.74. The number of sulfone groups is 1. The molecule has 24 heavy (non-hydrogen) atoms. The van der Waals surface area contributed by atoms with Crippen LogP contribution in [0.4, 0.5) is 0 Å². The number of carbonyl (C=O) groups excluding carboxylic acids is 1. The second-order valence-corrected chi connectivity index (χ2v) is 9.38. The minimum atomic E-state index is -3.38. The number of hydrogen-bond donors (Lipinski definition) is 0. The van der Waals surface area contributed by atoms with E-state index >= 15 is 0 Å². The smallest absolute Gasteiger partial charge is 0.223 e. The normalized spacial score (nSPS) is 21.4. The first-order valence-corrected chi connectivity index (χ1v) is 10.7. The molecule has 1 amide bonds. The fourth-order valence-corrected chi connectivity index (χ4v) is 5.03. The van der Waals surface area contributed by atoms with Crippen LogP contribution < -0.4 is 0 Å². The van der Waals surface area contributed by atoms with Gasteiger partial charge in [0, 0.05) is 19.5 Å². The summed E-state index contributed by atoms with van der Waals surface area (Å²) in [5, 5.41) is 0. The van der Waals surface area contributed by atoms with E-state index in [1.165, 1.54) is 5.56 Å². The van der Waals surface area contributed by atoms with Crippen molar-refractivity contribution in [2.24, 2.45) is 5.92 Å². The predicted octanol–water partition coefficient (Wildman–Crippen LogP) is 2.99. The van der Waals surface area contributed by atoms with Gasteiger partial charge in [0.25, 0.3) is 0 Å². The van der Waals surface area contributed by atoms with Gasteiger partial charge in [-0.1, -0.05) is 13.0 Å². The van der Waals surface area contributed by atoms with Gasteiger partial charge in [-0.05, 0) is 67.7 Å². The van der Waals surface area contributed by atoms with Gasteiger partial charge in [-0.3, -0.25) is 4.79 Å². The molecule has 0 unspecified atom stereocenters. The Bertz CT molecular complexity index is 711. The first-order valence-electron chi connectivity index (χ1n) is 9.08. The summed E-state index contributed by atoms with van der Waals surface area (Å²) in [4.78, 5) is 14.6. The third-order valence-electron chi connectivity index (χ3n) is 5.38. The number of aryl methyl sites for hydroxylation is 2. The molecule has 1 aromatic rings. The molecule has 1 atom stereocenters. The van der Waals surface area contributed by atoms with Crippen molar-refractivity contribution in [1.82, 2.24) is 4.90 Å². The molecule has 0 N–H and O–H groups in total. The number of benzene rings is 1. The van der Waals surface area contributed by atoms with E-state index in [-0.39, 0.29) is 18.1 Å². The van der Waals surface area contributed by atoms with E-state index in [0.29, 0.717) is 10.8 Å². The summed E-state index contributed by atoms with van der Waals surface area (Å²) in [7, 11) is -3.38. The lowest BCUT2D eigenvalue weighted by molar-refractivity contribution is -0.130. The van der Waals surface area contributed by atoms with Gasteiger partial charge in [0.1, 0.15) is 0 Å². The molecule has 0 spiro atoms. The fourth-order valence-electron chi connectivity index (χ4n) is 3.75. The Morgan fingerprint density at radius 3 is 2.75 bits per heavy atom. The minimum absolute atomic E-state index is 0.0196. The number of likely N-dealkylation sites (tertiary alicyclic amines) is 1. The summed E-state index contributed by atoms with van der Waals surface area (Å²) >= 11 is 0. The Labute approximate surface area is 145 Å². The lowest BCUT2D eigenvalue weighted by Crippen LogP contribution is -2.33. The van der Waals surface area contributed by atoms with Gasteiger partial charge in [-0.25, -0.2) is 8.42 Å². The van der Waals surface area contributed by atoms with E-state index in [0.717, 1.165) is 57.2 Å². The maximum Gasteiger partial charge on any atom is 0.223 e. The molecule has 0 bridgehead atoms. The topological polar surface area (TPSA) is 54.5 Å². The SMILES string of the molecule is C[C@@H]1CCCN(C(=O)CCS(=O)(=O)c2ccc3c(c2)CCC3)CC1. The molecule has 0 aromatic heterocycles. The molecule has 4 nitrogen and oxygen atoms in total. The van der Waals surface area contributed by atoms with Crippen molar-refractivity contribution >= 4 is 15.7 Å². The van der Waals surface area contributed by atoms with Gasteiger partial charge in [0.05, 0.1) is 10.6 Å². The van der Waals surface area contributed by atoms with Gasteiger partial charge in [-0.15, -0.1) is 0 Å². The zero-order valence-electron chi connectivity index (χ0n) is 14.5. The van der Waals surface area contributed by atoms with Crippen LogP contribution in [-0.2, 0) is 27.5 Å². The highest BCUT2D eigenvalue weighted by molar-refractivity contribution is 7.91. The maximum atomic E-state index is 12.6. The van der Waals surface area contributed by atoms with E-state index in [9.17, 15) is 13.2 Å². The van der Waals surface area contributed by atoms with Crippen molar-refractivity contribution in [2.75, 3.05) is 18.8 Å². The van der Waals surface area contributed by atoms with Gasteiger partial charge < -0.3 is 4.90 Å². The number of rotatable bonds is 4. The largest absolute Gasteiger partial charge is 0.343 e. The molecule has 1 fully saturated rings. The van der Waals surface area contributed by atoms with Crippen LogP contribution >= 0.6 is 0 Å². The summed E-state index contributed by atoms with van der Waals surface area (Å²) in [6, 6.07) is 5.46. The van der Waals surface area contributed by atoms with Crippen LogP contribution in [0.1, 0.15) is 50.2 Å². The summed E-state index contributed by atoms with van der Waals surface area (Å²) in [6.07, 6.45) is 6.38. The zero-order chi connectivity index (χ0) is 17.2. The highest BCUT2D eigenvalue weighted by Crippen LogP contribution is 2.25. The first kappa shape index (κ1) is 17.5. The molecule has 2 aliphatic rings. The number of amides is 1. The van der Waals surface area contributed by atoms with Crippen LogP contribution in [0, 0.1) is 5.92 Å². The van der Waals surface area contributed by atoms with E-state index < -0.39 is 9.84 Å². The Morgan fingerprint density at radius 2 is 1.92 bits per heavy atom. The van der Waals surface area contributed by atoms with Crippen molar-refractivity contribution in [1.29, 1.82) is 0 Å². The zero-order valence-corrected chi connectivity index (χ0v) is 15.3. The number of fused-ring (bicyclic) bond motifs is 1. The number of hydrogen-bond acceptors (Lipinski definition) is 3. The van der Waals surface area contributed by atoms with Gasteiger partial charge in [0.2, 0.25) is 5.91 Å². The second-order valence-electron chi connectivity index (χ2n) is 7.27. The van der Waals surface area contributed by atoms with Crippen LogP contribution in [0.5, 0.6) is 0 Å². The van der Waals surface area contributed by atoms with Crippen molar-refractivity contribution in [3.63, 3.8) is 0 Å². The highest BCUT2D eigenvalue weighted by atomic mass is 32.2. The standard InChI is InChI=1S/C19H27NO3S/c1-15-4-3-11-20(12-9-15)19(21)10-13-24(22,23)18-8-7-16-5-2-6-17(16)14-18/h7-8,14-15H,2-6,9-13H2,1H3/t15-/m1/s1. The van der Waals surface area contributed by atoms with Crippen LogP contribution in [0.2, 0.25) is 0 Å². The monoisotopic (exact) mass is 349 g/mol. The van der Waals surface area contributed by atoms with E-state index in [2.05, 4.69) is 6.92 Å². The Kier molecular flexibility index (Phi) is 5.28. The molecule has 5 heteroatoms. The molecule has 3 rings (SSSR count). The van der Waals surface area contributed by atoms with Crippen molar-refractivity contribution in [3.8, 4) is 0 Å². The quantitative estimate of drug-likeness (QED) is 0.840. The molecule has 0 radical (unpaired) electrons. The van der Waals surface area contributed by atoms with Crippen LogP contribution in [0.15, 0.2) is 23.1 Å². The number of carbonyl (C=O) groups is 1. The summed E-state index contributed by atoms with van der Waals surface area (Å²) < 4.78 is 25.1. The molecular formula is C19H27NO3S. The lowest BCUT2D eigenvalue weighted by Gasteiger charge is -2.20. The maximum absolute atomic E-state index is 12.6. The molecule has 1 aliphatic carbocycles. The Hall–Kier alpha value is -1.36. The van der Waals surface area contributed by atoms with Gasteiger partial charge >= 0.3 is 0 Å². The van der Waals surface area contributed by atoms with Crippen LogP contribution in [0.3, 0.4) is 0 Å². The molecule has 1 saturated heterocycles. The fraction of sp³-hybridized carbons (Fsp3) is 0.632. The second kappa shape index (κ2) is 7.26. The van der Waals surface area contributed by atoms with E-state index in [1.54, 1.807) is 6.07 Å². The van der Waals surface area contributed by atoms with Gasteiger partial charge in [0.15, 0.2) is 9.84 Å². The van der Waals surface area contributed by atoms with Crippen LogP contribution in [0.25, 0.3) is 0 Å². The van der Waals surface area contributed by atoms with E-state index in [1.807, 2.05) is 17.0 Å². The highest BCUT2D eigenvalue weighted by Gasteiger charge is 2.23. The van der Waals surface area contributed by atoms with Gasteiger partial charge in [-0.2, -0.15) is 0 Å². The average molecular weight is 349 g/mol. The molecule has 0 saturated carbocycles. The first-order chi connectivity index (χ1) is 11.5. The van der Waals surface area contributed by atoms with Crippen molar-refractivity contribution in [3.05, 3.63) is 29.3 Å². The Morgan fingerprint density at radius 1 is 1.12 bits per heavy atom. The molecule has 1 heterocycles. The van der Waals surface area contributed by atoms with Crippen LogP contribution in [-0.4, -0.2) is 38.1 Å². The third-order valence-corrected chi connectivity index (χ3v) is 7.10. The van der Waals surface area contributed by atoms with Crippen molar-refractivity contribution in [2.45, 2.75) is 56.8 Å². The van der Waals surface area contributed by atoms with Crippen molar-refractivity contribution < 1.29 is 13.2 Å². The summed E-state index contributed by atoms with van der Waals surface area (Å²) in [5.74, 6) is 0.545. The molecule has 1 aliphatic heterocycles. The lowest BCUT2D eigenvalue weighted by atomic mass is 10.0. The predicted molar refractivity (Wildman–Crippen MR) is 94.7 cm³/mol. The average Bonchev–Trinajstić information content (AvgIpc) is 2.93.